The van der Waals surface area contributed by atoms with E-state index in [-0.39, 0.29) is 37.0 Å². The molecule has 9 nitrogen and oxygen atoms in total. The van der Waals surface area contributed by atoms with Crippen LogP contribution in [0, 0.1) is 10.1 Å². The Morgan fingerprint density at radius 1 is 0.854 bits per heavy atom. The van der Waals surface area contributed by atoms with E-state index in [4.69, 9.17) is 9.47 Å². The summed E-state index contributed by atoms with van der Waals surface area (Å²) in [5.41, 5.74) is -1.27. The normalized spacial score (nSPS) is 18.8. The first kappa shape index (κ1) is 34.8. The van der Waals surface area contributed by atoms with Gasteiger partial charge in [-0.1, -0.05) is 12.1 Å². The average Bonchev–Trinajstić information content (AvgIpc) is 3.06. The third kappa shape index (κ3) is 9.08. The highest BCUT2D eigenvalue weighted by Crippen LogP contribution is 2.38. The van der Waals surface area contributed by atoms with Crippen LogP contribution in [0.2, 0.25) is 0 Å². The summed E-state index contributed by atoms with van der Waals surface area (Å²) in [5.74, 6) is 0.462. The van der Waals surface area contributed by atoms with Crippen LogP contribution >= 0.6 is 0 Å². The number of nitro benzene ring substituents is 1. The predicted molar refractivity (Wildman–Crippen MR) is 165 cm³/mol. The van der Waals surface area contributed by atoms with Gasteiger partial charge in [0.1, 0.15) is 24.5 Å². The number of nitro groups is 1. The molecule has 1 saturated carbocycles. The van der Waals surface area contributed by atoms with Gasteiger partial charge in [0, 0.05) is 49.7 Å². The standard InChI is InChI=1S/C33H34F6N4O5/c34-32(35,36)23-3-1-22(2-4-23)20-47-28-12-8-26(9-13-28)41-15-17-42(18-16-41)31(44)21-48-27-10-5-24(6-11-27)40-25-7-14-30(43(45)46)29(19-25)33(37,38)39/h1-4,7-9,12-14,19,24,27,40H,5-6,10-11,15-18,20-21H2. The topological polar surface area (TPSA) is 97.2 Å². The van der Waals surface area contributed by atoms with Gasteiger partial charge < -0.3 is 24.6 Å². The van der Waals surface area contributed by atoms with Crippen LogP contribution in [0.5, 0.6) is 5.75 Å². The van der Waals surface area contributed by atoms with E-state index in [1.165, 1.54) is 18.2 Å². The molecule has 15 heteroatoms. The molecular weight excluding hydrogens is 646 g/mol. The summed E-state index contributed by atoms with van der Waals surface area (Å²) in [6.07, 6.45) is -6.95. The molecule has 1 aliphatic carbocycles. The zero-order valence-electron chi connectivity index (χ0n) is 25.7. The predicted octanol–water partition coefficient (Wildman–Crippen LogP) is 7.30. The molecule has 5 rings (SSSR count). The molecule has 2 fully saturated rings. The summed E-state index contributed by atoms with van der Waals surface area (Å²) in [6.45, 7) is 2.33. The summed E-state index contributed by atoms with van der Waals surface area (Å²) in [7, 11) is 0. The Morgan fingerprint density at radius 2 is 1.50 bits per heavy atom. The summed E-state index contributed by atoms with van der Waals surface area (Å²) in [4.78, 5) is 26.7. The largest absolute Gasteiger partial charge is 0.489 e. The van der Waals surface area contributed by atoms with Gasteiger partial charge in [0.15, 0.2) is 0 Å². The smallest absolute Gasteiger partial charge is 0.423 e. The number of anilines is 2. The lowest BCUT2D eigenvalue weighted by atomic mass is 9.92. The van der Waals surface area contributed by atoms with Crippen molar-refractivity contribution in [1.82, 2.24) is 4.90 Å². The lowest BCUT2D eigenvalue weighted by molar-refractivity contribution is -0.388. The number of carbonyl (C=O) groups is 1. The number of piperazine rings is 1. The molecule has 1 saturated heterocycles. The van der Waals surface area contributed by atoms with Crippen LogP contribution < -0.4 is 15.0 Å². The zero-order chi connectivity index (χ0) is 34.5. The Labute approximate surface area is 272 Å². The van der Waals surface area contributed by atoms with Gasteiger partial charge in [-0.25, -0.2) is 0 Å². The van der Waals surface area contributed by atoms with Crippen molar-refractivity contribution in [2.24, 2.45) is 0 Å². The first-order valence-electron chi connectivity index (χ1n) is 15.4. The number of ether oxygens (including phenoxy) is 2. The van der Waals surface area contributed by atoms with Crippen LogP contribution in [0.25, 0.3) is 0 Å². The van der Waals surface area contributed by atoms with Crippen LogP contribution in [0.1, 0.15) is 42.4 Å². The van der Waals surface area contributed by atoms with E-state index in [0.717, 1.165) is 30.0 Å². The van der Waals surface area contributed by atoms with Crippen LogP contribution in [-0.4, -0.2) is 60.7 Å². The number of hydrogen-bond donors (Lipinski definition) is 1. The summed E-state index contributed by atoms with van der Waals surface area (Å²) < 4.78 is 89.8. The Bertz CT molecular complexity index is 1550. The molecule has 1 amide bonds. The van der Waals surface area contributed by atoms with E-state index >= 15 is 0 Å². The van der Waals surface area contributed by atoms with E-state index in [2.05, 4.69) is 10.2 Å². The minimum absolute atomic E-state index is 0.0645. The molecule has 0 radical (unpaired) electrons. The fraction of sp³-hybridized carbons (Fsp3) is 0.424. The molecule has 2 aliphatic rings. The van der Waals surface area contributed by atoms with Gasteiger partial charge in [-0.3, -0.25) is 14.9 Å². The van der Waals surface area contributed by atoms with Crippen molar-refractivity contribution in [3.63, 3.8) is 0 Å². The molecule has 3 aromatic rings. The maximum Gasteiger partial charge on any atom is 0.423 e. The van der Waals surface area contributed by atoms with Crippen molar-refractivity contribution in [1.29, 1.82) is 0 Å². The van der Waals surface area contributed by atoms with E-state index in [1.54, 1.807) is 17.0 Å². The summed E-state index contributed by atoms with van der Waals surface area (Å²) in [6, 6.07) is 15.0. The van der Waals surface area contributed by atoms with Crippen molar-refractivity contribution in [2.45, 2.75) is 56.8 Å². The van der Waals surface area contributed by atoms with Crippen LogP contribution in [0.4, 0.5) is 43.4 Å². The van der Waals surface area contributed by atoms with Gasteiger partial charge in [0.25, 0.3) is 5.69 Å². The highest BCUT2D eigenvalue weighted by atomic mass is 19.4. The Kier molecular flexibility index (Phi) is 10.7. The molecule has 0 spiro atoms. The Hall–Kier alpha value is -4.53. The lowest BCUT2D eigenvalue weighted by Gasteiger charge is -2.36. The molecule has 1 heterocycles. The molecular formula is C33H34F6N4O5. The number of alkyl halides is 6. The second-order valence-electron chi connectivity index (χ2n) is 11.8. The number of nitrogens with zero attached hydrogens (tertiary/aromatic N) is 3. The van der Waals surface area contributed by atoms with Gasteiger partial charge in [0.05, 0.1) is 16.6 Å². The van der Waals surface area contributed by atoms with Gasteiger partial charge in [-0.15, -0.1) is 0 Å². The average molecular weight is 681 g/mol. The number of amides is 1. The molecule has 0 bridgehead atoms. The summed E-state index contributed by atoms with van der Waals surface area (Å²) in [5, 5.41) is 14.0. The molecule has 1 N–H and O–H groups in total. The first-order chi connectivity index (χ1) is 22.8. The molecule has 258 valence electrons. The van der Waals surface area contributed by atoms with Gasteiger partial charge >= 0.3 is 12.4 Å². The van der Waals surface area contributed by atoms with Gasteiger partial charge in [0.2, 0.25) is 5.91 Å². The number of hydrogen-bond acceptors (Lipinski definition) is 7. The van der Waals surface area contributed by atoms with Crippen molar-refractivity contribution in [3.05, 3.63) is 93.5 Å². The molecule has 3 aromatic carbocycles. The molecule has 0 unspecified atom stereocenters. The summed E-state index contributed by atoms with van der Waals surface area (Å²) >= 11 is 0. The zero-order valence-corrected chi connectivity index (χ0v) is 25.7. The highest BCUT2D eigenvalue weighted by Gasteiger charge is 2.38. The van der Waals surface area contributed by atoms with Crippen molar-refractivity contribution in [3.8, 4) is 5.75 Å². The van der Waals surface area contributed by atoms with Crippen LogP contribution in [-0.2, 0) is 28.5 Å². The number of rotatable bonds is 10. The second kappa shape index (κ2) is 14.7. The van der Waals surface area contributed by atoms with Crippen molar-refractivity contribution < 1.29 is 45.5 Å². The molecule has 0 atom stereocenters. The highest BCUT2D eigenvalue weighted by molar-refractivity contribution is 5.77. The van der Waals surface area contributed by atoms with E-state index < -0.39 is 34.1 Å². The van der Waals surface area contributed by atoms with Gasteiger partial charge in [-0.2, -0.15) is 26.3 Å². The minimum atomic E-state index is -4.85. The molecule has 48 heavy (non-hydrogen) atoms. The lowest BCUT2D eigenvalue weighted by Crippen LogP contribution is -2.50. The number of benzene rings is 3. The molecule has 0 aromatic heterocycles. The number of carbonyl (C=O) groups excluding carboxylic acids is 1. The minimum Gasteiger partial charge on any atom is -0.489 e. The first-order valence-corrected chi connectivity index (χ1v) is 15.4. The van der Waals surface area contributed by atoms with Crippen molar-refractivity contribution >= 4 is 23.0 Å². The fourth-order valence-corrected chi connectivity index (χ4v) is 5.83. The van der Waals surface area contributed by atoms with Crippen molar-refractivity contribution in [2.75, 3.05) is 43.0 Å². The van der Waals surface area contributed by atoms with Crippen LogP contribution in [0.3, 0.4) is 0 Å². The van der Waals surface area contributed by atoms with E-state index in [0.29, 0.717) is 63.2 Å². The quantitative estimate of drug-likeness (QED) is 0.136. The van der Waals surface area contributed by atoms with E-state index in [9.17, 15) is 41.3 Å². The Morgan fingerprint density at radius 3 is 2.08 bits per heavy atom. The number of nitrogens with one attached hydrogen (secondary N) is 1. The number of halogens is 6. The third-order valence-electron chi connectivity index (χ3n) is 8.51. The fourth-order valence-electron chi connectivity index (χ4n) is 5.83. The monoisotopic (exact) mass is 680 g/mol. The molecule has 1 aliphatic heterocycles. The Balaban J connectivity index is 1.00. The van der Waals surface area contributed by atoms with Gasteiger partial charge in [-0.05, 0) is 79.8 Å². The van der Waals surface area contributed by atoms with Crippen LogP contribution in [0.15, 0.2) is 66.7 Å². The maximum atomic E-state index is 13.3. The van der Waals surface area contributed by atoms with E-state index in [1.807, 2.05) is 12.1 Å². The SMILES string of the molecule is O=C(COC1CCC(Nc2ccc([N+](=O)[O-])c(C(F)(F)F)c2)CC1)N1CCN(c2ccc(OCc3ccc(C(F)(F)F)cc3)cc2)CC1. The third-order valence-corrected chi connectivity index (χ3v) is 8.51. The second-order valence-corrected chi connectivity index (χ2v) is 11.8. The maximum absolute atomic E-state index is 13.3.